The molecule has 4 heteroatoms. The molecule has 1 saturated heterocycles. The molecule has 6 atom stereocenters. The van der Waals surface area contributed by atoms with Gasteiger partial charge in [-0.25, -0.2) is 0 Å². The Bertz CT molecular complexity index is 1150. The fraction of sp³-hybridized carbons (Fsp3) is 0.706. The van der Waals surface area contributed by atoms with Crippen molar-refractivity contribution >= 4 is 0 Å². The van der Waals surface area contributed by atoms with Crippen molar-refractivity contribution in [2.45, 2.75) is 109 Å². The number of fused-ring (bicyclic) bond motifs is 4. The molecule has 0 amide bonds. The summed E-state index contributed by atoms with van der Waals surface area (Å²) in [4.78, 5) is 0. The molecule has 206 valence electrons. The average Bonchev–Trinajstić information content (AvgIpc) is 3.18. The molecule has 6 unspecified atom stereocenters. The minimum atomic E-state index is -0.999. The molecule has 4 fully saturated rings. The van der Waals surface area contributed by atoms with Crippen molar-refractivity contribution in [3.63, 3.8) is 0 Å². The summed E-state index contributed by atoms with van der Waals surface area (Å²) in [5.41, 5.74) is 4.72. The van der Waals surface area contributed by atoms with Gasteiger partial charge in [0, 0.05) is 29.7 Å². The lowest BCUT2D eigenvalue weighted by Crippen LogP contribution is -2.52. The van der Waals surface area contributed by atoms with Crippen LogP contribution in [0.5, 0.6) is 0 Å². The topological polar surface area (TPSA) is 58.9 Å². The van der Waals surface area contributed by atoms with Gasteiger partial charge in [0.15, 0.2) is 5.79 Å². The second-order valence-corrected chi connectivity index (χ2v) is 14.6. The van der Waals surface area contributed by atoms with Crippen molar-refractivity contribution in [3.05, 3.63) is 46.5 Å². The highest BCUT2D eigenvalue weighted by Gasteiger charge is 2.57. The SMILES string of the molecule is CC(C)(O)C#Cc1ccc(C2CC3(C)C(O)CCC3C3CCC4CC5(CCC4=C23)OCC(C)(C)CO5)cc1. The first-order valence-corrected chi connectivity index (χ1v) is 14.9. The van der Waals surface area contributed by atoms with Gasteiger partial charge in [-0.15, -0.1) is 0 Å². The molecule has 5 aliphatic rings. The van der Waals surface area contributed by atoms with Gasteiger partial charge in [0.1, 0.15) is 5.60 Å². The van der Waals surface area contributed by atoms with Crippen LogP contribution in [0.4, 0.5) is 0 Å². The Morgan fingerprint density at radius 3 is 2.34 bits per heavy atom. The number of benzene rings is 1. The van der Waals surface area contributed by atoms with Gasteiger partial charge in [0.2, 0.25) is 0 Å². The van der Waals surface area contributed by atoms with Gasteiger partial charge in [-0.2, -0.15) is 0 Å². The number of allylic oxidation sites excluding steroid dienone is 2. The molecule has 1 aromatic rings. The quantitative estimate of drug-likeness (QED) is 0.336. The molecule has 4 nitrogen and oxygen atoms in total. The molecule has 4 aliphatic carbocycles. The highest BCUT2D eigenvalue weighted by molar-refractivity contribution is 5.44. The van der Waals surface area contributed by atoms with E-state index in [1.54, 1.807) is 25.0 Å². The molecule has 0 radical (unpaired) electrons. The van der Waals surface area contributed by atoms with Crippen LogP contribution < -0.4 is 0 Å². The fourth-order valence-corrected chi connectivity index (χ4v) is 8.52. The zero-order valence-electron chi connectivity index (χ0n) is 24.0. The van der Waals surface area contributed by atoms with Crippen LogP contribution in [-0.4, -0.2) is 40.9 Å². The zero-order chi connectivity index (χ0) is 26.9. The summed E-state index contributed by atoms with van der Waals surface area (Å²) in [6.45, 7) is 11.8. The maximum Gasteiger partial charge on any atom is 0.169 e. The fourth-order valence-electron chi connectivity index (χ4n) is 8.52. The second kappa shape index (κ2) is 9.20. The number of rotatable bonds is 1. The van der Waals surface area contributed by atoms with Crippen LogP contribution in [0, 0.1) is 40.4 Å². The summed E-state index contributed by atoms with van der Waals surface area (Å²) in [6.07, 6.45) is 8.31. The number of hydrogen-bond acceptors (Lipinski definition) is 4. The molecule has 0 aromatic heterocycles. The van der Waals surface area contributed by atoms with Crippen molar-refractivity contribution in [1.82, 2.24) is 0 Å². The molecule has 1 aliphatic heterocycles. The van der Waals surface area contributed by atoms with E-state index in [4.69, 9.17) is 9.47 Å². The van der Waals surface area contributed by atoms with Gasteiger partial charge in [-0.1, -0.05) is 55.9 Å². The van der Waals surface area contributed by atoms with E-state index in [1.165, 1.54) is 18.4 Å². The van der Waals surface area contributed by atoms with Crippen molar-refractivity contribution in [3.8, 4) is 11.8 Å². The van der Waals surface area contributed by atoms with E-state index in [2.05, 4.69) is 56.9 Å². The molecule has 38 heavy (non-hydrogen) atoms. The molecule has 1 heterocycles. The third-order valence-electron chi connectivity index (χ3n) is 10.6. The zero-order valence-corrected chi connectivity index (χ0v) is 24.0. The largest absolute Gasteiger partial charge is 0.393 e. The Labute approximate surface area is 229 Å². The van der Waals surface area contributed by atoms with E-state index in [9.17, 15) is 10.2 Å². The minimum Gasteiger partial charge on any atom is -0.393 e. The molecule has 6 rings (SSSR count). The highest BCUT2D eigenvalue weighted by Crippen LogP contribution is 2.65. The van der Waals surface area contributed by atoms with Crippen LogP contribution in [0.15, 0.2) is 35.4 Å². The lowest BCUT2D eigenvalue weighted by Gasteiger charge is -2.55. The van der Waals surface area contributed by atoms with Gasteiger partial charge >= 0.3 is 0 Å². The Morgan fingerprint density at radius 1 is 0.947 bits per heavy atom. The van der Waals surface area contributed by atoms with E-state index in [0.717, 1.165) is 57.3 Å². The first kappa shape index (κ1) is 26.6. The van der Waals surface area contributed by atoms with Crippen molar-refractivity contribution < 1.29 is 19.7 Å². The Morgan fingerprint density at radius 2 is 1.66 bits per heavy atom. The van der Waals surface area contributed by atoms with Gasteiger partial charge in [0.05, 0.1) is 19.3 Å². The minimum absolute atomic E-state index is 0.0251. The maximum atomic E-state index is 11.2. The predicted octanol–water partition coefficient (Wildman–Crippen LogP) is 6.35. The van der Waals surface area contributed by atoms with Gasteiger partial charge < -0.3 is 19.7 Å². The van der Waals surface area contributed by atoms with Gasteiger partial charge in [-0.3, -0.25) is 0 Å². The second-order valence-electron chi connectivity index (χ2n) is 14.6. The monoisotopic (exact) mass is 518 g/mol. The van der Waals surface area contributed by atoms with Crippen LogP contribution in [-0.2, 0) is 9.47 Å². The average molecular weight is 519 g/mol. The summed E-state index contributed by atoms with van der Waals surface area (Å²) in [7, 11) is 0. The third-order valence-corrected chi connectivity index (χ3v) is 10.6. The Hall–Kier alpha value is -1.64. The third kappa shape index (κ3) is 4.68. The first-order valence-electron chi connectivity index (χ1n) is 14.9. The normalized spacial score (nSPS) is 37.6. The van der Waals surface area contributed by atoms with Crippen molar-refractivity contribution in [2.75, 3.05) is 13.2 Å². The molecular weight excluding hydrogens is 472 g/mol. The Kier molecular flexibility index (Phi) is 6.43. The summed E-state index contributed by atoms with van der Waals surface area (Å²) in [5, 5.41) is 21.2. The standard InChI is InChI=1S/C34H46O4/c1-31(2)20-37-34(38-21-31)17-15-25-24(18-34)10-11-26-28-12-13-29(35)33(28,5)19-27(30(25)26)23-8-6-22(7-9-23)14-16-32(3,4)36/h6-9,24,26-29,35-36H,10-13,15,17-21H2,1-5H3. The van der Waals surface area contributed by atoms with Crippen LogP contribution in [0.25, 0.3) is 0 Å². The van der Waals surface area contributed by atoms with E-state index in [-0.39, 0.29) is 16.9 Å². The maximum absolute atomic E-state index is 11.2. The van der Waals surface area contributed by atoms with E-state index in [0.29, 0.717) is 23.7 Å². The highest BCUT2D eigenvalue weighted by atomic mass is 16.7. The lowest BCUT2D eigenvalue weighted by atomic mass is 9.52. The van der Waals surface area contributed by atoms with Crippen LogP contribution in [0.2, 0.25) is 0 Å². The van der Waals surface area contributed by atoms with Crippen LogP contribution in [0.1, 0.15) is 103 Å². The molecule has 0 bridgehead atoms. The Balaban J connectivity index is 1.35. The smallest absolute Gasteiger partial charge is 0.169 e. The van der Waals surface area contributed by atoms with Gasteiger partial charge in [-0.05, 0) is 93.2 Å². The van der Waals surface area contributed by atoms with Crippen molar-refractivity contribution in [1.29, 1.82) is 0 Å². The number of ether oxygens (including phenoxy) is 2. The summed E-state index contributed by atoms with van der Waals surface area (Å²) >= 11 is 0. The van der Waals surface area contributed by atoms with Crippen LogP contribution in [0.3, 0.4) is 0 Å². The summed E-state index contributed by atoms with van der Waals surface area (Å²) in [6, 6.07) is 8.71. The van der Waals surface area contributed by atoms with E-state index >= 15 is 0 Å². The van der Waals surface area contributed by atoms with Crippen LogP contribution >= 0.6 is 0 Å². The summed E-state index contributed by atoms with van der Waals surface area (Å²) < 4.78 is 12.9. The molecule has 3 saturated carbocycles. The number of aliphatic hydroxyl groups excluding tert-OH is 1. The summed E-state index contributed by atoms with van der Waals surface area (Å²) in [5.74, 6) is 7.67. The molecule has 2 N–H and O–H groups in total. The number of aliphatic hydroxyl groups is 2. The lowest BCUT2D eigenvalue weighted by molar-refractivity contribution is -0.312. The number of hydrogen-bond donors (Lipinski definition) is 2. The van der Waals surface area contributed by atoms with E-state index in [1.807, 2.05) is 0 Å². The van der Waals surface area contributed by atoms with Gasteiger partial charge in [0.25, 0.3) is 0 Å². The molecule has 1 spiro atoms. The van der Waals surface area contributed by atoms with Crippen molar-refractivity contribution in [2.24, 2.45) is 28.6 Å². The van der Waals surface area contributed by atoms with E-state index < -0.39 is 11.4 Å². The first-order chi connectivity index (χ1) is 17.9. The molecular formula is C34H46O4. The predicted molar refractivity (Wildman–Crippen MR) is 149 cm³/mol. The molecule has 1 aromatic carbocycles.